The van der Waals surface area contributed by atoms with Crippen LogP contribution in [0.15, 0.2) is 12.2 Å². The van der Waals surface area contributed by atoms with Gasteiger partial charge in [0.1, 0.15) is 0 Å². The summed E-state index contributed by atoms with van der Waals surface area (Å²) in [5, 5.41) is 0. The first-order valence-corrected chi connectivity index (χ1v) is 2.46. The van der Waals surface area contributed by atoms with Crippen molar-refractivity contribution >= 4 is 0 Å². The van der Waals surface area contributed by atoms with Crippen molar-refractivity contribution in [3.8, 4) is 6.33 Å². The van der Waals surface area contributed by atoms with Crippen LogP contribution in [0.2, 0.25) is 0 Å². The van der Waals surface area contributed by atoms with Gasteiger partial charge in [0.05, 0.1) is 0 Å². The van der Waals surface area contributed by atoms with Gasteiger partial charge in [0.2, 0.25) is 0 Å². The summed E-state index contributed by atoms with van der Waals surface area (Å²) in [5.74, 6) is 0. The first-order chi connectivity index (χ1) is 3.81. The predicted octanol–water partition coefficient (Wildman–Crippen LogP) is 1.32. The number of rotatable bonds is 3. The maximum absolute atomic E-state index is 9.44. The van der Waals surface area contributed by atoms with Crippen LogP contribution in [0.1, 0.15) is 13.3 Å². The van der Waals surface area contributed by atoms with Crippen molar-refractivity contribution in [2.75, 3.05) is 6.61 Å². The predicted molar refractivity (Wildman–Crippen MR) is 30.0 cm³/mol. The average Bonchev–Trinajstić information content (AvgIpc) is 1.83. The standard InChI is InChI=1S/C6H9O2/c1-3-6(2)4-8-5-7/h2-4H2,1H3/q+1. The Morgan fingerprint density at radius 1 is 1.88 bits per heavy atom. The van der Waals surface area contributed by atoms with E-state index in [1.807, 2.05) is 6.92 Å². The Kier molecular flexibility index (Phi) is 4.04. The van der Waals surface area contributed by atoms with Gasteiger partial charge in [-0.05, 0) is 0 Å². The SMILES string of the molecule is C=C(CC)COC#[O+]. The fourth-order valence-corrected chi connectivity index (χ4v) is 0.234. The summed E-state index contributed by atoms with van der Waals surface area (Å²) < 4.78 is 13.7. The summed E-state index contributed by atoms with van der Waals surface area (Å²) in [6.45, 7) is 5.87. The number of hydrogen-bond acceptors (Lipinski definition) is 1. The third kappa shape index (κ3) is 3.47. The zero-order valence-corrected chi connectivity index (χ0v) is 4.94. The Morgan fingerprint density at radius 3 is 2.88 bits per heavy atom. The van der Waals surface area contributed by atoms with Gasteiger partial charge in [-0.25, -0.2) is 0 Å². The van der Waals surface area contributed by atoms with Gasteiger partial charge >= 0.3 is 47.8 Å². The van der Waals surface area contributed by atoms with E-state index in [4.69, 9.17) is 0 Å². The third-order valence-corrected chi connectivity index (χ3v) is 0.835. The van der Waals surface area contributed by atoms with E-state index < -0.39 is 0 Å². The first-order valence-electron chi connectivity index (χ1n) is 2.46. The van der Waals surface area contributed by atoms with Gasteiger partial charge in [0.15, 0.2) is 0 Å². The van der Waals surface area contributed by atoms with Crippen molar-refractivity contribution in [1.82, 2.24) is 0 Å². The van der Waals surface area contributed by atoms with Crippen LogP contribution in [-0.2, 0) is 9.39 Å². The van der Waals surface area contributed by atoms with Gasteiger partial charge in [-0.1, -0.05) is 0 Å². The van der Waals surface area contributed by atoms with Crippen molar-refractivity contribution < 1.29 is 9.39 Å². The minimum atomic E-state index is 0.306. The summed E-state index contributed by atoms with van der Waals surface area (Å²) in [7, 11) is 0. The average molecular weight is 113 g/mol. The van der Waals surface area contributed by atoms with E-state index >= 15 is 0 Å². The topological polar surface area (TPSA) is 29.1 Å². The fourth-order valence-electron chi connectivity index (χ4n) is 0.234. The van der Waals surface area contributed by atoms with E-state index in [9.17, 15) is 4.65 Å². The van der Waals surface area contributed by atoms with Crippen LogP contribution in [-0.4, -0.2) is 6.61 Å². The molecule has 0 aromatic carbocycles. The molecule has 0 aliphatic carbocycles. The summed E-state index contributed by atoms with van der Waals surface area (Å²) in [5.41, 5.74) is 0.911. The fraction of sp³-hybridized carbons (Fsp3) is 0.500. The van der Waals surface area contributed by atoms with E-state index in [1.165, 1.54) is 6.33 Å². The molecule has 0 heterocycles. The molecule has 0 rings (SSSR count). The minimum absolute atomic E-state index is 0.306. The molecule has 44 valence electrons. The second kappa shape index (κ2) is 4.44. The Bertz CT molecular complexity index is 110. The second-order valence-electron chi connectivity index (χ2n) is 1.48. The monoisotopic (exact) mass is 113 g/mol. The first kappa shape index (κ1) is 7.28. The normalized spacial score (nSPS) is 7.50. The zero-order chi connectivity index (χ0) is 6.41. The molecule has 0 aromatic rings. The zero-order valence-electron chi connectivity index (χ0n) is 4.94. The molecule has 0 bridgehead atoms. The van der Waals surface area contributed by atoms with Gasteiger partial charge in [-0.15, -0.1) is 0 Å². The molecule has 0 fully saturated rings. The number of ether oxygens (including phenoxy) is 1. The molecule has 0 saturated heterocycles. The van der Waals surface area contributed by atoms with Gasteiger partial charge in [-0.3, -0.25) is 0 Å². The quantitative estimate of drug-likeness (QED) is 0.401. The van der Waals surface area contributed by atoms with Crippen molar-refractivity contribution in [2.24, 2.45) is 0 Å². The van der Waals surface area contributed by atoms with Gasteiger partial charge < -0.3 is 0 Å². The molecule has 0 saturated carbocycles. The number of hydrogen-bond donors (Lipinski definition) is 0. The maximum atomic E-state index is 9.44. The molecule has 0 atom stereocenters. The Balaban J connectivity index is 3.15. The Hall–Kier alpha value is -0.720. The van der Waals surface area contributed by atoms with E-state index in [1.54, 1.807) is 0 Å². The van der Waals surface area contributed by atoms with Gasteiger partial charge in [0, 0.05) is 0 Å². The van der Waals surface area contributed by atoms with Crippen molar-refractivity contribution in [3.05, 3.63) is 12.2 Å². The van der Waals surface area contributed by atoms with Crippen LogP contribution >= 0.6 is 0 Å². The summed E-state index contributed by atoms with van der Waals surface area (Å²) in [6.07, 6.45) is 2.17. The van der Waals surface area contributed by atoms with Crippen LogP contribution in [0.3, 0.4) is 0 Å². The molecular weight excluding hydrogens is 104 g/mol. The molecule has 0 N–H and O–H groups in total. The van der Waals surface area contributed by atoms with E-state index in [0.717, 1.165) is 12.0 Å². The molecule has 0 aromatic heterocycles. The van der Waals surface area contributed by atoms with E-state index in [0.29, 0.717) is 6.61 Å². The van der Waals surface area contributed by atoms with Gasteiger partial charge in [0.25, 0.3) is 0 Å². The molecule has 0 amide bonds. The van der Waals surface area contributed by atoms with E-state index in [-0.39, 0.29) is 0 Å². The summed E-state index contributed by atoms with van der Waals surface area (Å²) in [4.78, 5) is 0. The van der Waals surface area contributed by atoms with Crippen LogP contribution in [0, 0.1) is 6.33 Å². The van der Waals surface area contributed by atoms with Crippen molar-refractivity contribution in [3.63, 3.8) is 0 Å². The van der Waals surface area contributed by atoms with Crippen LogP contribution in [0.25, 0.3) is 0 Å². The van der Waals surface area contributed by atoms with Gasteiger partial charge in [-0.2, -0.15) is 0 Å². The molecule has 0 aliphatic rings. The van der Waals surface area contributed by atoms with Crippen LogP contribution in [0.5, 0.6) is 0 Å². The molecular formula is C6H9O2+. The molecule has 2 nitrogen and oxygen atoms in total. The molecule has 0 unspecified atom stereocenters. The van der Waals surface area contributed by atoms with E-state index in [2.05, 4.69) is 11.3 Å². The van der Waals surface area contributed by atoms with Crippen LogP contribution in [0.4, 0.5) is 0 Å². The Labute approximate surface area is 48.9 Å². The molecule has 0 spiro atoms. The third-order valence-electron chi connectivity index (χ3n) is 0.835. The van der Waals surface area contributed by atoms with Crippen molar-refractivity contribution in [1.29, 1.82) is 0 Å². The second-order valence-corrected chi connectivity index (χ2v) is 1.48. The Morgan fingerprint density at radius 2 is 2.50 bits per heavy atom. The summed E-state index contributed by atoms with van der Waals surface area (Å²) in [6, 6.07) is 0. The molecule has 0 radical (unpaired) electrons. The molecule has 0 aliphatic heterocycles. The molecule has 2 heteroatoms. The summed E-state index contributed by atoms with van der Waals surface area (Å²) >= 11 is 0. The van der Waals surface area contributed by atoms with Crippen LogP contribution < -0.4 is 0 Å². The van der Waals surface area contributed by atoms with Crippen molar-refractivity contribution in [2.45, 2.75) is 13.3 Å². The molecule has 8 heavy (non-hydrogen) atoms.